The second kappa shape index (κ2) is 9.17. The molecule has 10 heteroatoms. The maximum absolute atomic E-state index is 13.1. The van der Waals surface area contributed by atoms with Gasteiger partial charge in [0.2, 0.25) is 11.8 Å². The van der Waals surface area contributed by atoms with E-state index >= 15 is 0 Å². The number of carbonyl (C=O) groups excluding carboxylic acids is 3. The van der Waals surface area contributed by atoms with Gasteiger partial charge in [-0.2, -0.15) is 5.10 Å². The van der Waals surface area contributed by atoms with Crippen molar-refractivity contribution in [1.82, 2.24) is 25.3 Å². The first-order valence-electron chi connectivity index (χ1n) is 9.87. The Morgan fingerprint density at radius 3 is 2.59 bits per heavy atom. The molecule has 0 atom stereocenters. The first-order valence-corrected chi connectivity index (χ1v) is 9.87. The highest BCUT2D eigenvalue weighted by Crippen LogP contribution is 2.29. The second-order valence-electron chi connectivity index (χ2n) is 7.42. The average Bonchev–Trinajstić information content (AvgIpc) is 2.97. The minimum Gasteiger partial charge on any atom is -0.368 e. The molecule has 2 aliphatic rings. The smallest absolute Gasteiger partial charge is 0.264 e. The molecule has 3 heterocycles. The molecule has 2 aliphatic heterocycles. The summed E-state index contributed by atoms with van der Waals surface area (Å²) in [5.74, 6) is -0.364. The molecule has 158 valence electrons. The SMILES string of the molecule is COC1(C(=O)N2CCCNC(=O)C2)CCN(C(=O)CCc2ccc(=O)[nH]n2)CC1. The van der Waals surface area contributed by atoms with E-state index in [2.05, 4.69) is 15.5 Å². The van der Waals surface area contributed by atoms with Gasteiger partial charge in [-0.15, -0.1) is 0 Å². The number of nitrogens with one attached hydrogen (secondary N) is 2. The summed E-state index contributed by atoms with van der Waals surface area (Å²) in [5.41, 5.74) is -0.628. The van der Waals surface area contributed by atoms with Crippen LogP contribution in [-0.2, 0) is 25.5 Å². The molecule has 0 aliphatic carbocycles. The Morgan fingerprint density at radius 2 is 1.93 bits per heavy atom. The number of rotatable bonds is 5. The zero-order chi connectivity index (χ0) is 20.9. The van der Waals surface area contributed by atoms with Gasteiger partial charge < -0.3 is 19.9 Å². The van der Waals surface area contributed by atoms with E-state index in [0.717, 1.165) is 0 Å². The number of aromatic amines is 1. The Kier molecular flexibility index (Phi) is 6.63. The van der Waals surface area contributed by atoms with Gasteiger partial charge in [-0.25, -0.2) is 5.10 Å². The summed E-state index contributed by atoms with van der Waals surface area (Å²) in [7, 11) is 1.51. The van der Waals surface area contributed by atoms with Gasteiger partial charge >= 0.3 is 0 Å². The Labute approximate surface area is 168 Å². The van der Waals surface area contributed by atoms with Gasteiger partial charge in [0.05, 0.1) is 12.2 Å². The lowest BCUT2D eigenvalue weighted by atomic mass is 9.89. The molecule has 3 rings (SSSR count). The number of amides is 3. The van der Waals surface area contributed by atoms with Crippen molar-refractivity contribution in [1.29, 1.82) is 0 Å². The zero-order valence-corrected chi connectivity index (χ0v) is 16.6. The molecule has 10 nitrogen and oxygen atoms in total. The van der Waals surface area contributed by atoms with Gasteiger partial charge in [-0.3, -0.25) is 19.2 Å². The number of hydrogen-bond donors (Lipinski definition) is 2. The summed E-state index contributed by atoms with van der Waals surface area (Å²) in [6, 6.07) is 2.99. The first-order chi connectivity index (χ1) is 13.9. The zero-order valence-electron chi connectivity index (χ0n) is 16.6. The molecule has 29 heavy (non-hydrogen) atoms. The van der Waals surface area contributed by atoms with Crippen LogP contribution in [-0.4, -0.2) is 83.2 Å². The number of methoxy groups -OCH3 is 1. The van der Waals surface area contributed by atoms with Crippen LogP contribution in [0.15, 0.2) is 16.9 Å². The second-order valence-corrected chi connectivity index (χ2v) is 7.42. The molecule has 1 aromatic heterocycles. The van der Waals surface area contributed by atoms with Crippen LogP contribution in [0.3, 0.4) is 0 Å². The molecule has 0 unspecified atom stereocenters. The molecular formula is C19H27N5O5. The van der Waals surface area contributed by atoms with Crippen LogP contribution in [0.2, 0.25) is 0 Å². The van der Waals surface area contributed by atoms with Gasteiger partial charge in [-0.1, -0.05) is 0 Å². The maximum Gasteiger partial charge on any atom is 0.264 e. The van der Waals surface area contributed by atoms with E-state index in [4.69, 9.17) is 4.74 Å². The largest absolute Gasteiger partial charge is 0.368 e. The molecule has 2 N–H and O–H groups in total. The van der Waals surface area contributed by atoms with Gasteiger partial charge in [0.1, 0.15) is 5.60 Å². The Bertz CT molecular complexity index is 795. The van der Waals surface area contributed by atoms with Gasteiger partial charge in [-0.05, 0) is 12.5 Å². The number of aromatic nitrogens is 2. The van der Waals surface area contributed by atoms with Gasteiger partial charge in [0, 0.05) is 65.0 Å². The Balaban J connectivity index is 1.55. The van der Waals surface area contributed by atoms with E-state index in [-0.39, 0.29) is 36.2 Å². The number of nitrogens with zero attached hydrogens (tertiary/aromatic N) is 3. The van der Waals surface area contributed by atoms with E-state index in [0.29, 0.717) is 57.6 Å². The highest BCUT2D eigenvalue weighted by Gasteiger charge is 2.45. The van der Waals surface area contributed by atoms with Crippen LogP contribution in [0.5, 0.6) is 0 Å². The highest BCUT2D eigenvalue weighted by atomic mass is 16.5. The highest BCUT2D eigenvalue weighted by molar-refractivity contribution is 5.90. The Morgan fingerprint density at radius 1 is 1.17 bits per heavy atom. The summed E-state index contributed by atoms with van der Waals surface area (Å²) >= 11 is 0. The van der Waals surface area contributed by atoms with Crippen molar-refractivity contribution in [2.45, 2.75) is 37.7 Å². The molecule has 2 saturated heterocycles. The van der Waals surface area contributed by atoms with Crippen molar-refractivity contribution in [3.05, 3.63) is 28.2 Å². The fourth-order valence-corrected chi connectivity index (χ4v) is 3.80. The monoisotopic (exact) mass is 405 g/mol. The fourth-order valence-electron chi connectivity index (χ4n) is 3.80. The summed E-state index contributed by atoms with van der Waals surface area (Å²) in [6.07, 6.45) is 2.20. The normalized spacial score (nSPS) is 19.4. The van der Waals surface area contributed by atoms with Gasteiger partial charge in [0.25, 0.3) is 11.5 Å². The Hall–Kier alpha value is -2.75. The van der Waals surface area contributed by atoms with Crippen LogP contribution < -0.4 is 10.9 Å². The number of aryl methyl sites for hydroxylation is 1. The van der Waals surface area contributed by atoms with E-state index in [9.17, 15) is 19.2 Å². The summed E-state index contributed by atoms with van der Waals surface area (Å²) < 4.78 is 5.63. The third kappa shape index (κ3) is 5.00. The average molecular weight is 405 g/mol. The van der Waals surface area contributed by atoms with E-state index in [1.807, 2.05) is 0 Å². The van der Waals surface area contributed by atoms with Crippen molar-refractivity contribution in [2.75, 3.05) is 39.8 Å². The molecule has 0 aromatic carbocycles. The third-order valence-corrected chi connectivity index (χ3v) is 5.58. The molecule has 3 amide bonds. The minimum atomic E-state index is -0.998. The summed E-state index contributed by atoms with van der Waals surface area (Å²) in [4.78, 5) is 51.8. The molecule has 0 spiro atoms. The van der Waals surface area contributed by atoms with Crippen molar-refractivity contribution in [2.24, 2.45) is 0 Å². The van der Waals surface area contributed by atoms with E-state index in [1.54, 1.807) is 15.9 Å². The van der Waals surface area contributed by atoms with E-state index < -0.39 is 5.60 Å². The fraction of sp³-hybridized carbons (Fsp3) is 0.632. The predicted molar refractivity (Wildman–Crippen MR) is 103 cm³/mol. The number of likely N-dealkylation sites (tertiary alicyclic amines) is 1. The number of H-pyrrole nitrogens is 1. The molecule has 0 radical (unpaired) electrons. The number of piperidine rings is 1. The molecule has 1 aromatic rings. The van der Waals surface area contributed by atoms with Gasteiger partial charge in [0.15, 0.2) is 0 Å². The molecule has 0 bridgehead atoms. The lowest BCUT2D eigenvalue weighted by molar-refractivity contribution is -0.164. The summed E-state index contributed by atoms with van der Waals surface area (Å²) in [6.45, 7) is 1.94. The maximum atomic E-state index is 13.1. The van der Waals surface area contributed by atoms with Crippen molar-refractivity contribution in [3.63, 3.8) is 0 Å². The first kappa shape index (κ1) is 21.0. The third-order valence-electron chi connectivity index (χ3n) is 5.58. The van der Waals surface area contributed by atoms with Crippen molar-refractivity contribution < 1.29 is 19.1 Å². The molecule has 0 saturated carbocycles. The van der Waals surface area contributed by atoms with Crippen LogP contribution in [0.4, 0.5) is 0 Å². The number of ether oxygens (including phenoxy) is 1. The topological polar surface area (TPSA) is 125 Å². The molecule has 2 fully saturated rings. The van der Waals surface area contributed by atoms with Crippen LogP contribution in [0.25, 0.3) is 0 Å². The van der Waals surface area contributed by atoms with Crippen LogP contribution in [0.1, 0.15) is 31.4 Å². The molecular weight excluding hydrogens is 378 g/mol. The van der Waals surface area contributed by atoms with Crippen molar-refractivity contribution >= 4 is 17.7 Å². The van der Waals surface area contributed by atoms with Crippen molar-refractivity contribution in [3.8, 4) is 0 Å². The summed E-state index contributed by atoms with van der Waals surface area (Å²) in [5, 5.41) is 9.03. The van der Waals surface area contributed by atoms with Crippen LogP contribution in [0, 0.1) is 0 Å². The van der Waals surface area contributed by atoms with Crippen LogP contribution >= 0.6 is 0 Å². The standard InChI is InChI=1S/C19H27N5O5/c1-29-19(18(28)24-10-2-9-20-16(26)13-24)7-11-23(12-8-19)17(27)6-4-14-3-5-15(25)22-21-14/h3,5H,2,4,6-13H2,1H3,(H,20,26)(H,22,25). The number of carbonyl (C=O) groups is 3. The quantitative estimate of drug-likeness (QED) is 0.651. The lowest BCUT2D eigenvalue weighted by Crippen LogP contribution is -2.57. The van der Waals surface area contributed by atoms with E-state index in [1.165, 1.54) is 13.2 Å². The lowest BCUT2D eigenvalue weighted by Gasteiger charge is -2.41. The minimum absolute atomic E-state index is 0.0238. The predicted octanol–water partition coefficient (Wildman–Crippen LogP) is -0.941. The number of hydrogen-bond acceptors (Lipinski definition) is 6.